The summed E-state index contributed by atoms with van der Waals surface area (Å²) in [6.07, 6.45) is 1.69. The number of hydrogen-bond donors (Lipinski definition) is 4. The van der Waals surface area contributed by atoms with Gasteiger partial charge in [-0.05, 0) is 66.6 Å². The van der Waals surface area contributed by atoms with Crippen molar-refractivity contribution in [3.8, 4) is 11.3 Å². The molecule has 0 spiro atoms. The fraction of sp³-hybridized carbons (Fsp3) is 0.304. The second-order valence-corrected chi connectivity index (χ2v) is 8.35. The molecule has 1 saturated heterocycles. The van der Waals surface area contributed by atoms with Crippen LogP contribution in [-0.4, -0.2) is 35.6 Å². The number of benzene rings is 2. The van der Waals surface area contributed by atoms with Crippen LogP contribution in [0.25, 0.3) is 22.2 Å². The molecule has 2 aliphatic rings. The Kier molecular flexibility index (Phi) is 5.03. The number of carbonyl (C=O) groups excluding carboxylic acids is 2. The Morgan fingerprint density at radius 2 is 1.75 bits per heavy atom. The summed E-state index contributed by atoms with van der Waals surface area (Å²) in [5.41, 5.74) is 2.22. The van der Waals surface area contributed by atoms with Crippen LogP contribution in [0.4, 0.5) is 18.0 Å². The van der Waals surface area contributed by atoms with Gasteiger partial charge in [0.2, 0.25) is 5.91 Å². The maximum Gasteiger partial charge on any atom is 0.315 e. The average Bonchev–Trinajstić information content (AvgIpc) is 3.29. The first-order valence-corrected chi connectivity index (χ1v) is 10.5. The van der Waals surface area contributed by atoms with E-state index in [1.807, 2.05) is 0 Å². The third-order valence-corrected chi connectivity index (χ3v) is 6.23. The predicted molar refractivity (Wildman–Crippen MR) is 112 cm³/mol. The molecule has 1 saturated carbocycles. The molecule has 3 aromatic rings. The number of nitrogens with one attached hydrogen (secondary N) is 4. The molecule has 6 nitrogen and oxygen atoms in total. The van der Waals surface area contributed by atoms with E-state index in [9.17, 15) is 22.8 Å². The molecular weight excluding hydrogens is 421 g/mol. The third-order valence-electron chi connectivity index (χ3n) is 6.23. The largest absolute Gasteiger partial charge is 0.354 e. The topological polar surface area (TPSA) is 86.0 Å². The summed E-state index contributed by atoms with van der Waals surface area (Å²) < 4.78 is 41.9. The van der Waals surface area contributed by atoms with Gasteiger partial charge < -0.3 is 20.9 Å². The molecule has 3 amide bonds. The van der Waals surface area contributed by atoms with Crippen molar-refractivity contribution in [2.24, 2.45) is 0 Å². The van der Waals surface area contributed by atoms with Gasteiger partial charge >= 0.3 is 6.03 Å². The lowest BCUT2D eigenvalue weighted by molar-refractivity contribution is -0.120. The van der Waals surface area contributed by atoms with E-state index in [0.29, 0.717) is 42.5 Å². The number of carbonyl (C=O) groups is 2. The molecular formula is C23H21F3N4O2. The second-order valence-electron chi connectivity index (χ2n) is 8.35. The van der Waals surface area contributed by atoms with Crippen molar-refractivity contribution in [1.82, 2.24) is 20.9 Å². The van der Waals surface area contributed by atoms with Gasteiger partial charge in [0, 0.05) is 24.0 Å². The van der Waals surface area contributed by atoms with E-state index in [1.54, 1.807) is 12.1 Å². The second kappa shape index (κ2) is 7.89. The third kappa shape index (κ3) is 3.68. The maximum absolute atomic E-state index is 14.5. The maximum atomic E-state index is 14.5. The minimum atomic E-state index is -0.696. The smallest absolute Gasteiger partial charge is 0.315 e. The first kappa shape index (κ1) is 20.4. The van der Waals surface area contributed by atoms with Crippen molar-refractivity contribution in [3.05, 3.63) is 59.4 Å². The van der Waals surface area contributed by atoms with Gasteiger partial charge in [-0.25, -0.2) is 18.0 Å². The molecule has 32 heavy (non-hydrogen) atoms. The summed E-state index contributed by atoms with van der Waals surface area (Å²) in [4.78, 5) is 26.9. The van der Waals surface area contributed by atoms with Crippen molar-refractivity contribution < 1.29 is 22.8 Å². The van der Waals surface area contributed by atoms with E-state index >= 15 is 0 Å². The molecule has 2 fully saturated rings. The van der Waals surface area contributed by atoms with Gasteiger partial charge in [-0.3, -0.25) is 4.79 Å². The van der Waals surface area contributed by atoms with Crippen LogP contribution in [0.1, 0.15) is 30.7 Å². The van der Waals surface area contributed by atoms with Crippen LogP contribution in [0, 0.1) is 17.5 Å². The molecule has 0 bridgehead atoms. The molecule has 0 radical (unpaired) electrons. The molecule has 2 heterocycles. The number of urea groups is 1. The number of H-pyrrole nitrogens is 1. The molecule has 1 aliphatic carbocycles. The van der Waals surface area contributed by atoms with Crippen LogP contribution in [0.5, 0.6) is 0 Å². The molecule has 1 aliphatic heterocycles. The molecule has 2 aromatic carbocycles. The van der Waals surface area contributed by atoms with Crippen molar-refractivity contribution in [2.75, 3.05) is 6.54 Å². The minimum absolute atomic E-state index is 0.0508. The van der Waals surface area contributed by atoms with Crippen LogP contribution in [0.15, 0.2) is 36.4 Å². The quantitative estimate of drug-likeness (QED) is 0.497. The predicted octanol–water partition coefficient (Wildman–Crippen LogP) is 3.69. The van der Waals surface area contributed by atoms with E-state index in [2.05, 4.69) is 20.9 Å². The molecule has 5 rings (SSSR count). The van der Waals surface area contributed by atoms with Gasteiger partial charge in [0.15, 0.2) is 0 Å². The zero-order valence-corrected chi connectivity index (χ0v) is 17.0. The zero-order valence-electron chi connectivity index (χ0n) is 17.0. The number of rotatable bonds is 4. The summed E-state index contributed by atoms with van der Waals surface area (Å²) >= 11 is 0. The van der Waals surface area contributed by atoms with E-state index in [0.717, 1.165) is 11.6 Å². The summed E-state index contributed by atoms with van der Waals surface area (Å²) in [7, 11) is 0. The van der Waals surface area contributed by atoms with Crippen LogP contribution in [0.2, 0.25) is 0 Å². The number of amides is 3. The SMILES string of the molecule is O=C(NC1CC(c2c(-c3ccc(F)cc3)[nH]c3c(F)cc(F)cc23)C1)NC1CCNC1=O. The normalized spacial score (nSPS) is 22.5. The van der Waals surface area contributed by atoms with Crippen molar-refractivity contribution in [2.45, 2.75) is 37.3 Å². The zero-order chi connectivity index (χ0) is 22.4. The van der Waals surface area contributed by atoms with Gasteiger partial charge in [-0.15, -0.1) is 0 Å². The first-order valence-electron chi connectivity index (χ1n) is 10.5. The highest BCUT2D eigenvalue weighted by Crippen LogP contribution is 2.45. The Morgan fingerprint density at radius 3 is 2.44 bits per heavy atom. The number of halogens is 3. The van der Waals surface area contributed by atoms with Gasteiger partial charge in [0.1, 0.15) is 23.5 Å². The van der Waals surface area contributed by atoms with Gasteiger partial charge in [0.05, 0.1) is 11.2 Å². The number of fused-ring (bicyclic) bond motifs is 1. The standard InChI is InChI=1S/C23H21F3N4O2/c24-13-3-1-11(2-4-13)20-19(16-9-14(25)10-17(26)21(16)30-20)12-7-15(8-12)28-23(32)29-18-5-6-27-22(18)31/h1-4,9-10,12,15,18,30H,5-8H2,(H,27,31)(H2,28,29,32). The highest BCUT2D eigenvalue weighted by molar-refractivity contribution is 5.92. The summed E-state index contributed by atoms with van der Waals surface area (Å²) in [6, 6.07) is 6.86. The number of hydrogen-bond acceptors (Lipinski definition) is 2. The Hall–Kier alpha value is -3.49. The Balaban J connectivity index is 1.38. The van der Waals surface area contributed by atoms with Gasteiger partial charge in [0.25, 0.3) is 0 Å². The van der Waals surface area contributed by atoms with Crippen molar-refractivity contribution in [3.63, 3.8) is 0 Å². The lowest BCUT2D eigenvalue weighted by atomic mass is 9.74. The summed E-state index contributed by atoms with van der Waals surface area (Å²) in [6.45, 7) is 0.537. The van der Waals surface area contributed by atoms with E-state index in [1.165, 1.54) is 18.2 Å². The Morgan fingerprint density at radius 1 is 1.00 bits per heavy atom. The van der Waals surface area contributed by atoms with Crippen LogP contribution in [-0.2, 0) is 4.79 Å². The molecule has 1 atom stereocenters. The molecule has 4 N–H and O–H groups in total. The van der Waals surface area contributed by atoms with E-state index < -0.39 is 29.5 Å². The van der Waals surface area contributed by atoms with Crippen LogP contribution in [0.3, 0.4) is 0 Å². The van der Waals surface area contributed by atoms with Gasteiger partial charge in [-0.1, -0.05) is 0 Å². The summed E-state index contributed by atoms with van der Waals surface area (Å²) in [5, 5.41) is 8.62. The van der Waals surface area contributed by atoms with Crippen molar-refractivity contribution in [1.29, 1.82) is 0 Å². The molecule has 166 valence electrons. The summed E-state index contributed by atoms with van der Waals surface area (Å²) in [5.74, 6) is -2.01. The Bertz CT molecular complexity index is 1200. The molecule has 9 heteroatoms. The lowest BCUT2D eigenvalue weighted by Crippen LogP contribution is -2.51. The monoisotopic (exact) mass is 442 g/mol. The highest BCUT2D eigenvalue weighted by atomic mass is 19.1. The van der Waals surface area contributed by atoms with Crippen LogP contribution >= 0.6 is 0 Å². The van der Waals surface area contributed by atoms with E-state index in [-0.39, 0.29) is 23.4 Å². The number of aromatic nitrogens is 1. The first-order chi connectivity index (χ1) is 15.4. The molecule has 1 unspecified atom stereocenters. The minimum Gasteiger partial charge on any atom is -0.354 e. The fourth-order valence-electron chi connectivity index (χ4n) is 4.60. The average molecular weight is 442 g/mol. The number of aromatic amines is 1. The van der Waals surface area contributed by atoms with Crippen LogP contribution < -0.4 is 16.0 Å². The van der Waals surface area contributed by atoms with Crippen molar-refractivity contribution >= 4 is 22.8 Å². The van der Waals surface area contributed by atoms with E-state index in [4.69, 9.17) is 0 Å². The lowest BCUT2D eigenvalue weighted by Gasteiger charge is -2.36. The highest BCUT2D eigenvalue weighted by Gasteiger charge is 2.36. The molecule has 1 aromatic heterocycles. The fourth-order valence-corrected chi connectivity index (χ4v) is 4.60. The van der Waals surface area contributed by atoms with Gasteiger partial charge in [-0.2, -0.15) is 0 Å². The Labute approximate surface area is 181 Å².